The summed E-state index contributed by atoms with van der Waals surface area (Å²) in [5.41, 5.74) is 6.83. The largest absolute Gasteiger partial charge is 0.255 e. The first kappa shape index (κ1) is 19.5. The van der Waals surface area contributed by atoms with Crippen molar-refractivity contribution in [1.82, 2.24) is 4.98 Å². The first-order valence-electron chi connectivity index (χ1n) is 10.0. The van der Waals surface area contributed by atoms with E-state index in [4.69, 9.17) is 4.98 Å². The minimum Gasteiger partial charge on any atom is -0.255 e. The fraction of sp³-hybridized carbons (Fsp3) is 0.542. The van der Waals surface area contributed by atoms with Crippen molar-refractivity contribution in [2.45, 2.75) is 63.7 Å². The standard InChI is InChI=1S/C24H35NS/c1-17(2)13-19-12-11-18(3)21(14-19)23-15-22(20-9-7-8-10-20)24(16-25-23)26(4,5)6/h11-12,14-17,20H,7-10,13H2,1-6H3. The van der Waals surface area contributed by atoms with E-state index in [9.17, 15) is 0 Å². The molecule has 26 heavy (non-hydrogen) atoms. The van der Waals surface area contributed by atoms with Crippen molar-refractivity contribution in [3.05, 3.63) is 47.2 Å². The van der Waals surface area contributed by atoms with Crippen LogP contribution in [0.15, 0.2) is 35.4 Å². The van der Waals surface area contributed by atoms with Gasteiger partial charge in [-0.1, -0.05) is 38.8 Å². The lowest BCUT2D eigenvalue weighted by molar-refractivity contribution is 0.647. The third-order valence-electron chi connectivity index (χ3n) is 5.57. The van der Waals surface area contributed by atoms with Crippen LogP contribution < -0.4 is 0 Å². The molecule has 0 saturated heterocycles. The van der Waals surface area contributed by atoms with E-state index >= 15 is 0 Å². The van der Waals surface area contributed by atoms with Crippen LogP contribution >= 0.6 is 10.0 Å². The number of rotatable bonds is 5. The smallest absolute Gasteiger partial charge is 0.0708 e. The molecular formula is C24H35NS. The van der Waals surface area contributed by atoms with Crippen molar-refractivity contribution in [2.24, 2.45) is 5.92 Å². The highest BCUT2D eigenvalue weighted by Crippen LogP contribution is 2.51. The minimum atomic E-state index is -0.767. The van der Waals surface area contributed by atoms with E-state index in [1.165, 1.54) is 53.0 Å². The Bertz CT molecular complexity index is 764. The molecule has 1 heterocycles. The predicted octanol–water partition coefficient (Wildman–Crippen LogP) is 6.97. The van der Waals surface area contributed by atoms with Gasteiger partial charge in [0, 0.05) is 16.7 Å². The molecule has 0 N–H and O–H groups in total. The van der Waals surface area contributed by atoms with Crippen molar-refractivity contribution in [1.29, 1.82) is 0 Å². The summed E-state index contributed by atoms with van der Waals surface area (Å²) < 4.78 is 0. The third kappa shape index (κ3) is 4.34. The maximum Gasteiger partial charge on any atom is 0.0708 e. The van der Waals surface area contributed by atoms with Crippen LogP contribution in [0.1, 0.15) is 62.1 Å². The number of aryl methyl sites for hydroxylation is 1. The molecule has 0 bridgehead atoms. The van der Waals surface area contributed by atoms with E-state index < -0.39 is 10.0 Å². The zero-order chi connectivity index (χ0) is 18.9. The van der Waals surface area contributed by atoms with Crippen LogP contribution in [0.4, 0.5) is 0 Å². The first-order chi connectivity index (χ1) is 12.3. The molecule has 142 valence electrons. The molecule has 0 spiro atoms. The molecule has 0 unspecified atom stereocenters. The van der Waals surface area contributed by atoms with E-state index in [1.807, 2.05) is 0 Å². The van der Waals surface area contributed by atoms with Crippen LogP contribution in [0.25, 0.3) is 11.3 Å². The SMILES string of the molecule is Cc1ccc(CC(C)C)cc1-c1cc(C2CCCC2)c(S(C)(C)C)cn1. The summed E-state index contributed by atoms with van der Waals surface area (Å²) in [7, 11) is -0.767. The number of hydrogen-bond acceptors (Lipinski definition) is 1. The Morgan fingerprint density at radius 2 is 1.77 bits per heavy atom. The zero-order valence-corrected chi connectivity index (χ0v) is 18.2. The maximum atomic E-state index is 4.95. The molecule has 0 aliphatic heterocycles. The van der Waals surface area contributed by atoms with Gasteiger partial charge in [0.2, 0.25) is 0 Å². The minimum absolute atomic E-state index is 0.680. The average Bonchev–Trinajstić information content (AvgIpc) is 3.09. The van der Waals surface area contributed by atoms with E-state index in [2.05, 4.69) is 70.0 Å². The number of nitrogens with zero attached hydrogens (tertiary/aromatic N) is 1. The van der Waals surface area contributed by atoms with Crippen LogP contribution in [0, 0.1) is 12.8 Å². The lowest BCUT2D eigenvalue weighted by atomic mass is 9.93. The highest BCUT2D eigenvalue weighted by molar-refractivity contribution is 8.32. The van der Waals surface area contributed by atoms with Gasteiger partial charge >= 0.3 is 0 Å². The van der Waals surface area contributed by atoms with Crippen LogP contribution in [-0.4, -0.2) is 23.8 Å². The second kappa shape index (κ2) is 7.76. The summed E-state index contributed by atoms with van der Waals surface area (Å²) in [5, 5.41) is 0. The van der Waals surface area contributed by atoms with Gasteiger partial charge in [0.15, 0.2) is 0 Å². The van der Waals surface area contributed by atoms with Gasteiger partial charge in [0.1, 0.15) is 0 Å². The molecule has 1 nitrogen and oxygen atoms in total. The average molecular weight is 370 g/mol. The topological polar surface area (TPSA) is 12.9 Å². The molecule has 0 amide bonds. The second-order valence-electron chi connectivity index (χ2n) is 9.17. The van der Waals surface area contributed by atoms with Crippen molar-refractivity contribution >= 4 is 10.0 Å². The summed E-state index contributed by atoms with van der Waals surface area (Å²) in [5.74, 6) is 1.41. The Labute approximate surface area is 162 Å². The van der Waals surface area contributed by atoms with Gasteiger partial charge in [-0.15, -0.1) is 0 Å². The summed E-state index contributed by atoms with van der Waals surface area (Å²) in [6.45, 7) is 6.79. The molecule has 3 rings (SSSR count). The van der Waals surface area contributed by atoms with Gasteiger partial charge in [-0.2, -0.15) is 0 Å². The highest BCUT2D eigenvalue weighted by atomic mass is 32.3. The van der Waals surface area contributed by atoms with Crippen molar-refractivity contribution in [3.8, 4) is 11.3 Å². The Balaban J connectivity index is 2.07. The van der Waals surface area contributed by atoms with Crippen molar-refractivity contribution in [3.63, 3.8) is 0 Å². The van der Waals surface area contributed by atoms with Crippen LogP contribution in [-0.2, 0) is 6.42 Å². The summed E-state index contributed by atoms with van der Waals surface area (Å²) >= 11 is 0. The number of aromatic nitrogens is 1. The third-order valence-corrected chi connectivity index (χ3v) is 7.23. The van der Waals surface area contributed by atoms with Crippen molar-refractivity contribution in [2.75, 3.05) is 18.8 Å². The number of hydrogen-bond donors (Lipinski definition) is 0. The summed E-state index contributed by atoms with van der Waals surface area (Å²) in [6, 6.07) is 9.36. The van der Waals surface area contributed by atoms with Gasteiger partial charge in [-0.05, 0) is 85.6 Å². The van der Waals surface area contributed by atoms with Gasteiger partial charge in [0.05, 0.1) is 5.69 Å². The van der Waals surface area contributed by atoms with E-state index in [0.717, 1.165) is 12.3 Å². The number of benzene rings is 1. The summed E-state index contributed by atoms with van der Waals surface area (Å²) in [6.07, 6.45) is 16.0. The zero-order valence-electron chi connectivity index (χ0n) is 17.4. The van der Waals surface area contributed by atoms with Crippen LogP contribution in [0.3, 0.4) is 0 Å². The molecule has 0 radical (unpaired) electrons. The van der Waals surface area contributed by atoms with Crippen LogP contribution in [0.2, 0.25) is 0 Å². The molecular weight excluding hydrogens is 334 g/mol. The fourth-order valence-corrected chi connectivity index (χ4v) is 5.52. The quantitative estimate of drug-likeness (QED) is 0.555. The van der Waals surface area contributed by atoms with Gasteiger partial charge in [-0.3, -0.25) is 4.98 Å². The second-order valence-corrected chi connectivity index (χ2v) is 13.3. The molecule has 1 fully saturated rings. The summed E-state index contributed by atoms with van der Waals surface area (Å²) in [4.78, 5) is 6.47. The molecule has 2 aromatic rings. The van der Waals surface area contributed by atoms with E-state index in [0.29, 0.717) is 5.92 Å². The molecule has 1 aliphatic carbocycles. The Morgan fingerprint density at radius 3 is 2.38 bits per heavy atom. The Morgan fingerprint density at radius 1 is 1.08 bits per heavy atom. The maximum absolute atomic E-state index is 4.95. The first-order valence-corrected chi connectivity index (χ1v) is 12.9. The molecule has 1 aromatic carbocycles. The van der Waals surface area contributed by atoms with Crippen molar-refractivity contribution < 1.29 is 0 Å². The molecule has 2 heteroatoms. The molecule has 1 saturated carbocycles. The molecule has 1 aromatic heterocycles. The Kier molecular flexibility index (Phi) is 5.81. The lowest BCUT2D eigenvalue weighted by Crippen LogP contribution is -2.05. The monoisotopic (exact) mass is 369 g/mol. The van der Waals surface area contributed by atoms with Gasteiger partial charge in [-0.25, -0.2) is 10.0 Å². The lowest BCUT2D eigenvalue weighted by Gasteiger charge is -2.30. The van der Waals surface area contributed by atoms with E-state index in [1.54, 1.807) is 5.56 Å². The normalized spacial score (nSPS) is 16.4. The Hall–Kier alpha value is -1.28. The predicted molar refractivity (Wildman–Crippen MR) is 118 cm³/mol. The number of pyridine rings is 1. The fourth-order valence-electron chi connectivity index (χ4n) is 4.22. The van der Waals surface area contributed by atoms with E-state index in [-0.39, 0.29) is 0 Å². The van der Waals surface area contributed by atoms with Crippen LogP contribution in [0.5, 0.6) is 0 Å². The van der Waals surface area contributed by atoms with Gasteiger partial charge in [0.25, 0.3) is 0 Å². The molecule has 1 aliphatic rings. The highest BCUT2D eigenvalue weighted by Gasteiger charge is 2.24. The molecule has 0 atom stereocenters. The van der Waals surface area contributed by atoms with Gasteiger partial charge < -0.3 is 0 Å².